The second-order valence-electron chi connectivity index (χ2n) is 4.85. The van der Waals surface area contributed by atoms with Gasteiger partial charge < -0.3 is 10.2 Å². The average molecular weight is 222 g/mol. The van der Waals surface area contributed by atoms with E-state index in [1.54, 1.807) is 6.92 Å². The van der Waals surface area contributed by atoms with Crippen LogP contribution in [0.15, 0.2) is 18.2 Å². The fourth-order valence-corrected chi connectivity index (χ4v) is 1.61. The molecule has 0 radical (unpaired) electrons. The summed E-state index contributed by atoms with van der Waals surface area (Å²) >= 11 is 0. The van der Waals surface area contributed by atoms with E-state index in [0.717, 1.165) is 5.56 Å². The van der Waals surface area contributed by atoms with Gasteiger partial charge in [-0.05, 0) is 43.9 Å². The van der Waals surface area contributed by atoms with E-state index < -0.39 is 11.7 Å². The average Bonchev–Trinajstić information content (AvgIpc) is 2.23. The summed E-state index contributed by atoms with van der Waals surface area (Å²) in [5.74, 6) is 0. The third-order valence-corrected chi connectivity index (χ3v) is 3.43. The highest BCUT2D eigenvalue weighted by atomic mass is 16.3. The minimum Gasteiger partial charge on any atom is -0.390 e. The third-order valence-electron chi connectivity index (χ3n) is 3.43. The predicted molar refractivity (Wildman–Crippen MR) is 66.5 cm³/mol. The molecular formula is C14H22O2. The lowest BCUT2D eigenvalue weighted by Gasteiger charge is -2.28. The van der Waals surface area contributed by atoms with Crippen LogP contribution in [0.2, 0.25) is 0 Å². The number of aliphatic hydroxyl groups is 2. The number of benzene rings is 1. The number of rotatable bonds is 4. The lowest BCUT2D eigenvalue weighted by atomic mass is 9.90. The molecule has 1 aromatic rings. The van der Waals surface area contributed by atoms with Crippen molar-refractivity contribution in [3.63, 3.8) is 0 Å². The van der Waals surface area contributed by atoms with E-state index >= 15 is 0 Å². The molecule has 0 heterocycles. The fourth-order valence-electron chi connectivity index (χ4n) is 1.61. The molecule has 0 amide bonds. The van der Waals surface area contributed by atoms with Gasteiger partial charge in [-0.15, -0.1) is 0 Å². The Bertz CT molecular complexity index is 356. The Morgan fingerprint density at radius 2 is 1.88 bits per heavy atom. The minimum absolute atomic E-state index is 0.502. The van der Waals surface area contributed by atoms with Crippen LogP contribution in [0.25, 0.3) is 0 Å². The Morgan fingerprint density at radius 3 is 2.38 bits per heavy atom. The van der Waals surface area contributed by atoms with Crippen molar-refractivity contribution < 1.29 is 10.2 Å². The van der Waals surface area contributed by atoms with Crippen LogP contribution < -0.4 is 0 Å². The zero-order valence-electron chi connectivity index (χ0n) is 10.6. The summed E-state index contributed by atoms with van der Waals surface area (Å²) in [7, 11) is 0. The van der Waals surface area contributed by atoms with Gasteiger partial charge in [0.2, 0.25) is 0 Å². The maximum absolute atomic E-state index is 9.94. The molecule has 0 fully saturated rings. The first-order valence-corrected chi connectivity index (χ1v) is 5.83. The molecule has 2 heteroatoms. The number of hydrogen-bond donors (Lipinski definition) is 2. The van der Waals surface area contributed by atoms with E-state index in [1.165, 1.54) is 11.1 Å². The molecule has 0 spiro atoms. The van der Waals surface area contributed by atoms with Gasteiger partial charge >= 0.3 is 0 Å². The lowest BCUT2D eigenvalue weighted by molar-refractivity contribution is -0.0629. The van der Waals surface area contributed by atoms with Crippen molar-refractivity contribution in [2.75, 3.05) is 0 Å². The van der Waals surface area contributed by atoms with E-state index in [0.29, 0.717) is 12.8 Å². The van der Waals surface area contributed by atoms with Crippen LogP contribution in [0.3, 0.4) is 0 Å². The Labute approximate surface area is 97.9 Å². The quantitative estimate of drug-likeness (QED) is 0.821. The molecule has 0 aliphatic rings. The first-order chi connectivity index (χ1) is 7.36. The summed E-state index contributed by atoms with van der Waals surface area (Å²) in [6.45, 7) is 7.68. The van der Waals surface area contributed by atoms with Crippen LogP contribution in [-0.4, -0.2) is 21.9 Å². The van der Waals surface area contributed by atoms with Crippen molar-refractivity contribution in [1.29, 1.82) is 0 Å². The normalized spacial score (nSPS) is 16.9. The van der Waals surface area contributed by atoms with Gasteiger partial charge in [0.25, 0.3) is 0 Å². The van der Waals surface area contributed by atoms with Crippen LogP contribution in [0.4, 0.5) is 0 Å². The second kappa shape index (κ2) is 4.98. The van der Waals surface area contributed by atoms with Crippen LogP contribution in [-0.2, 0) is 6.42 Å². The lowest BCUT2D eigenvalue weighted by Crippen LogP contribution is -2.39. The van der Waals surface area contributed by atoms with Gasteiger partial charge in [0.15, 0.2) is 0 Å². The van der Waals surface area contributed by atoms with Crippen molar-refractivity contribution in [2.24, 2.45) is 0 Å². The van der Waals surface area contributed by atoms with Gasteiger partial charge in [-0.25, -0.2) is 0 Å². The van der Waals surface area contributed by atoms with Crippen LogP contribution >= 0.6 is 0 Å². The van der Waals surface area contributed by atoms with Crippen molar-refractivity contribution in [3.8, 4) is 0 Å². The van der Waals surface area contributed by atoms with E-state index in [9.17, 15) is 10.2 Å². The van der Waals surface area contributed by atoms with Gasteiger partial charge in [0, 0.05) is 6.42 Å². The fraction of sp³-hybridized carbons (Fsp3) is 0.571. The predicted octanol–water partition coefficient (Wildman–Crippen LogP) is 2.37. The minimum atomic E-state index is -1.00. The molecule has 0 aliphatic heterocycles. The standard InChI is InChI=1S/C14H22O2/c1-5-14(4,16)13(15)9-12-7-6-10(2)11(3)8-12/h6-8,13,15-16H,5,9H2,1-4H3. The van der Waals surface area contributed by atoms with Gasteiger partial charge in [-0.2, -0.15) is 0 Å². The second-order valence-corrected chi connectivity index (χ2v) is 4.85. The van der Waals surface area contributed by atoms with Crippen LogP contribution in [0.5, 0.6) is 0 Å². The maximum atomic E-state index is 9.94. The van der Waals surface area contributed by atoms with E-state index in [-0.39, 0.29) is 0 Å². The zero-order chi connectivity index (χ0) is 12.3. The summed E-state index contributed by atoms with van der Waals surface area (Å²) in [6, 6.07) is 6.14. The number of aliphatic hydroxyl groups excluding tert-OH is 1. The molecule has 16 heavy (non-hydrogen) atoms. The van der Waals surface area contributed by atoms with E-state index in [2.05, 4.69) is 26.0 Å². The molecular weight excluding hydrogens is 200 g/mol. The largest absolute Gasteiger partial charge is 0.390 e. The van der Waals surface area contributed by atoms with Crippen LogP contribution in [0.1, 0.15) is 37.0 Å². The number of aryl methyl sites for hydroxylation is 2. The molecule has 0 saturated heterocycles. The van der Waals surface area contributed by atoms with E-state index in [4.69, 9.17) is 0 Å². The molecule has 2 N–H and O–H groups in total. The maximum Gasteiger partial charge on any atom is 0.0878 e. The van der Waals surface area contributed by atoms with Crippen LogP contribution in [0, 0.1) is 13.8 Å². The first-order valence-electron chi connectivity index (χ1n) is 5.83. The van der Waals surface area contributed by atoms with Gasteiger partial charge in [0.05, 0.1) is 11.7 Å². The molecule has 1 rings (SSSR count). The van der Waals surface area contributed by atoms with Crippen molar-refractivity contribution in [1.82, 2.24) is 0 Å². The van der Waals surface area contributed by atoms with Gasteiger partial charge in [-0.3, -0.25) is 0 Å². The number of hydrogen-bond acceptors (Lipinski definition) is 2. The highest BCUT2D eigenvalue weighted by Crippen LogP contribution is 2.19. The van der Waals surface area contributed by atoms with Gasteiger partial charge in [-0.1, -0.05) is 25.1 Å². The summed E-state index contributed by atoms with van der Waals surface area (Å²) in [4.78, 5) is 0. The zero-order valence-corrected chi connectivity index (χ0v) is 10.6. The third kappa shape index (κ3) is 3.06. The highest BCUT2D eigenvalue weighted by molar-refractivity contribution is 5.30. The molecule has 0 aromatic heterocycles. The SMILES string of the molecule is CCC(C)(O)C(O)Cc1ccc(C)c(C)c1. The first kappa shape index (κ1) is 13.2. The molecule has 0 aliphatic carbocycles. The Kier molecular flexibility index (Phi) is 4.11. The van der Waals surface area contributed by atoms with E-state index in [1.807, 2.05) is 13.0 Å². The molecule has 2 atom stereocenters. The molecule has 1 aromatic carbocycles. The molecule has 0 bridgehead atoms. The summed E-state index contributed by atoms with van der Waals surface area (Å²) in [5, 5.41) is 19.9. The van der Waals surface area contributed by atoms with Crippen molar-refractivity contribution in [3.05, 3.63) is 34.9 Å². The summed E-state index contributed by atoms with van der Waals surface area (Å²) in [6.07, 6.45) is 0.348. The Hall–Kier alpha value is -0.860. The molecule has 2 unspecified atom stereocenters. The molecule has 90 valence electrons. The summed E-state index contributed by atoms with van der Waals surface area (Å²) < 4.78 is 0. The van der Waals surface area contributed by atoms with Crippen molar-refractivity contribution in [2.45, 2.75) is 52.2 Å². The molecule has 2 nitrogen and oxygen atoms in total. The Balaban J connectivity index is 2.77. The van der Waals surface area contributed by atoms with Crippen molar-refractivity contribution >= 4 is 0 Å². The Morgan fingerprint density at radius 1 is 1.25 bits per heavy atom. The summed E-state index contributed by atoms with van der Waals surface area (Å²) in [5.41, 5.74) is 2.55. The highest BCUT2D eigenvalue weighted by Gasteiger charge is 2.28. The monoisotopic (exact) mass is 222 g/mol. The smallest absolute Gasteiger partial charge is 0.0878 e. The molecule has 0 saturated carbocycles. The topological polar surface area (TPSA) is 40.5 Å². The van der Waals surface area contributed by atoms with Gasteiger partial charge in [0.1, 0.15) is 0 Å².